The van der Waals surface area contributed by atoms with Crippen molar-refractivity contribution in [1.29, 1.82) is 0 Å². The third kappa shape index (κ3) is 3.48. The Labute approximate surface area is 145 Å². The normalized spacial score (nSPS) is 19.4. The molecule has 0 radical (unpaired) electrons. The van der Waals surface area contributed by atoms with E-state index in [0.717, 1.165) is 23.2 Å². The summed E-state index contributed by atoms with van der Waals surface area (Å²) >= 11 is 0. The van der Waals surface area contributed by atoms with Crippen molar-refractivity contribution >= 4 is 15.5 Å². The number of fused-ring (bicyclic) bond motifs is 1. The topological polar surface area (TPSA) is 46.2 Å². The Morgan fingerprint density at radius 3 is 2.46 bits per heavy atom. The van der Waals surface area contributed by atoms with Gasteiger partial charge in [0, 0.05) is 11.2 Å². The van der Waals surface area contributed by atoms with E-state index < -0.39 is 9.84 Å². The second-order valence-corrected chi connectivity index (χ2v) is 9.60. The van der Waals surface area contributed by atoms with Crippen molar-refractivity contribution in [2.45, 2.75) is 56.2 Å². The molecule has 24 heavy (non-hydrogen) atoms. The molecule has 1 aliphatic rings. The fourth-order valence-electron chi connectivity index (χ4n) is 3.56. The van der Waals surface area contributed by atoms with Gasteiger partial charge in [0.2, 0.25) is 0 Å². The SMILES string of the molecule is Cc1ccc(S(=O)(=O)Cc2ccc3c(c2)C(C)CC(C)(C)N3)cc1. The Balaban J connectivity index is 1.89. The van der Waals surface area contributed by atoms with Crippen LogP contribution in [0.15, 0.2) is 47.4 Å². The summed E-state index contributed by atoms with van der Waals surface area (Å²) in [6, 6.07) is 13.1. The quantitative estimate of drug-likeness (QED) is 0.881. The number of rotatable bonds is 3. The zero-order valence-corrected chi connectivity index (χ0v) is 15.6. The van der Waals surface area contributed by atoms with Crippen molar-refractivity contribution in [1.82, 2.24) is 0 Å². The molecule has 1 atom stereocenters. The van der Waals surface area contributed by atoms with Gasteiger partial charge in [-0.25, -0.2) is 8.42 Å². The summed E-state index contributed by atoms with van der Waals surface area (Å²) in [5.74, 6) is 0.456. The third-order valence-corrected chi connectivity index (χ3v) is 6.38. The first-order valence-corrected chi connectivity index (χ1v) is 10.0. The van der Waals surface area contributed by atoms with E-state index in [4.69, 9.17) is 0 Å². The molecule has 1 unspecified atom stereocenters. The first-order chi connectivity index (χ1) is 11.2. The lowest BCUT2D eigenvalue weighted by Crippen LogP contribution is -2.36. The highest BCUT2D eigenvalue weighted by molar-refractivity contribution is 7.90. The van der Waals surface area contributed by atoms with Crippen LogP contribution < -0.4 is 5.32 Å². The second-order valence-electron chi connectivity index (χ2n) is 7.61. The van der Waals surface area contributed by atoms with Crippen LogP contribution >= 0.6 is 0 Å². The number of benzene rings is 2. The van der Waals surface area contributed by atoms with Crippen LogP contribution in [0.25, 0.3) is 0 Å². The predicted molar refractivity (Wildman–Crippen MR) is 99.2 cm³/mol. The van der Waals surface area contributed by atoms with Crippen molar-refractivity contribution in [2.75, 3.05) is 5.32 Å². The van der Waals surface area contributed by atoms with Gasteiger partial charge in [0.1, 0.15) is 0 Å². The summed E-state index contributed by atoms with van der Waals surface area (Å²) in [7, 11) is -3.32. The van der Waals surface area contributed by atoms with Crippen LogP contribution in [0.3, 0.4) is 0 Å². The molecule has 128 valence electrons. The Bertz CT molecular complexity index is 852. The number of hydrogen-bond donors (Lipinski definition) is 1. The maximum Gasteiger partial charge on any atom is 0.182 e. The van der Waals surface area contributed by atoms with Crippen LogP contribution in [0.4, 0.5) is 5.69 Å². The summed E-state index contributed by atoms with van der Waals surface area (Å²) in [6.07, 6.45) is 1.04. The molecule has 3 rings (SSSR count). The summed E-state index contributed by atoms with van der Waals surface area (Å²) in [4.78, 5) is 0.387. The average Bonchev–Trinajstić information content (AvgIpc) is 2.47. The highest BCUT2D eigenvalue weighted by Gasteiger charge is 2.29. The standard InChI is InChI=1S/C20H25NO2S/c1-14-5-8-17(9-6-14)24(22,23)13-16-7-10-19-18(11-16)15(2)12-20(3,4)21-19/h5-11,15,21H,12-13H2,1-4H3. The highest BCUT2D eigenvalue weighted by atomic mass is 32.2. The molecule has 1 aliphatic heterocycles. The molecule has 3 nitrogen and oxygen atoms in total. The van der Waals surface area contributed by atoms with E-state index in [0.29, 0.717) is 10.8 Å². The zero-order valence-electron chi connectivity index (χ0n) is 14.8. The number of aryl methyl sites for hydroxylation is 1. The van der Waals surface area contributed by atoms with Gasteiger partial charge in [-0.3, -0.25) is 0 Å². The monoisotopic (exact) mass is 343 g/mol. The summed E-state index contributed by atoms with van der Waals surface area (Å²) < 4.78 is 25.3. The molecule has 2 aromatic rings. The van der Waals surface area contributed by atoms with Gasteiger partial charge in [0.15, 0.2) is 9.84 Å². The first kappa shape index (κ1) is 17.0. The van der Waals surface area contributed by atoms with Gasteiger partial charge in [0.05, 0.1) is 10.6 Å². The van der Waals surface area contributed by atoms with Gasteiger partial charge in [-0.2, -0.15) is 0 Å². The van der Waals surface area contributed by atoms with Crippen molar-refractivity contribution in [3.63, 3.8) is 0 Å². The molecule has 0 bridgehead atoms. The van der Waals surface area contributed by atoms with Crippen LogP contribution in [0.5, 0.6) is 0 Å². The molecular formula is C20H25NO2S. The molecule has 0 saturated carbocycles. The molecule has 0 aliphatic carbocycles. The Hall–Kier alpha value is -1.81. The molecule has 2 aromatic carbocycles. The van der Waals surface area contributed by atoms with Gasteiger partial charge in [0.25, 0.3) is 0 Å². The number of sulfone groups is 1. The Morgan fingerprint density at radius 2 is 1.79 bits per heavy atom. The smallest absolute Gasteiger partial charge is 0.182 e. The largest absolute Gasteiger partial charge is 0.380 e. The lowest BCUT2D eigenvalue weighted by Gasteiger charge is -2.37. The fourth-order valence-corrected chi connectivity index (χ4v) is 4.90. The van der Waals surface area contributed by atoms with Crippen molar-refractivity contribution in [2.24, 2.45) is 0 Å². The molecule has 0 amide bonds. The fraction of sp³-hybridized carbons (Fsp3) is 0.400. The third-order valence-electron chi connectivity index (χ3n) is 4.67. The molecular weight excluding hydrogens is 318 g/mol. The number of nitrogens with one attached hydrogen (secondary N) is 1. The van der Waals surface area contributed by atoms with E-state index >= 15 is 0 Å². The van der Waals surface area contributed by atoms with E-state index in [1.54, 1.807) is 12.1 Å². The minimum absolute atomic E-state index is 0.0411. The van der Waals surface area contributed by atoms with Gasteiger partial charge in [-0.15, -0.1) is 0 Å². The molecule has 1 N–H and O–H groups in total. The van der Waals surface area contributed by atoms with Gasteiger partial charge in [-0.1, -0.05) is 36.8 Å². The number of hydrogen-bond acceptors (Lipinski definition) is 3. The summed E-state index contributed by atoms with van der Waals surface area (Å²) in [6.45, 7) is 8.56. The van der Waals surface area contributed by atoms with Gasteiger partial charge in [-0.05, 0) is 62.4 Å². The van der Waals surface area contributed by atoms with E-state index in [9.17, 15) is 8.42 Å². The van der Waals surface area contributed by atoms with E-state index in [-0.39, 0.29) is 11.3 Å². The highest BCUT2D eigenvalue weighted by Crippen LogP contribution is 2.39. The molecule has 1 heterocycles. The van der Waals surface area contributed by atoms with Crippen LogP contribution in [-0.2, 0) is 15.6 Å². The minimum Gasteiger partial charge on any atom is -0.380 e. The molecule has 0 saturated heterocycles. The molecule has 0 fully saturated rings. The molecule has 0 spiro atoms. The zero-order chi connectivity index (χ0) is 17.5. The van der Waals surface area contributed by atoms with Crippen molar-refractivity contribution in [3.05, 3.63) is 59.2 Å². The van der Waals surface area contributed by atoms with E-state index in [1.807, 2.05) is 37.3 Å². The molecule has 0 aromatic heterocycles. The average molecular weight is 343 g/mol. The minimum atomic E-state index is -3.32. The van der Waals surface area contributed by atoms with Crippen molar-refractivity contribution in [3.8, 4) is 0 Å². The molecule has 4 heteroatoms. The number of anilines is 1. The van der Waals surface area contributed by atoms with Crippen LogP contribution in [0.1, 0.15) is 49.8 Å². The van der Waals surface area contributed by atoms with E-state index in [1.165, 1.54) is 5.56 Å². The van der Waals surface area contributed by atoms with Crippen LogP contribution in [0.2, 0.25) is 0 Å². The predicted octanol–water partition coefficient (Wildman–Crippen LogP) is 4.67. The maximum absolute atomic E-state index is 12.6. The van der Waals surface area contributed by atoms with Crippen LogP contribution in [0, 0.1) is 6.92 Å². The van der Waals surface area contributed by atoms with Crippen molar-refractivity contribution < 1.29 is 8.42 Å². The van der Waals surface area contributed by atoms with Crippen LogP contribution in [-0.4, -0.2) is 14.0 Å². The lowest BCUT2D eigenvalue weighted by molar-refractivity contribution is 0.454. The second kappa shape index (κ2) is 5.92. The summed E-state index contributed by atoms with van der Waals surface area (Å²) in [5, 5.41) is 3.55. The summed E-state index contributed by atoms with van der Waals surface area (Å²) in [5.41, 5.74) is 4.32. The lowest BCUT2D eigenvalue weighted by atomic mass is 9.81. The van der Waals surface area contributed by atoms with Gasteiger partial charge < -0.3 is 5.32 Å². The first-order valence-electron chi connectivity index (χ1n) is 8.37. The Kier molecular flexibility index (Phi) is 4.20. The maximum atomic E-state index is 12.6. The Morgan fingerprint density at radius 1 is 1.12 bits per heavy atom. The van der Waals surface area contributed by atoms with Gasteiger partial charge >= 0.3 is 0 Å². The van der Waals surface area contributed by atoms with E-state index in [2.05, 4.69) is 26.1 Å².